The van der Waals surface area contributed by atoms with Crippen LogP contribution in [0.15, 0.2) is 36.5 Å². The third-order valence-corrected chi connectivity index (χ3v) is 4.46. The molecule has 1 aromatic carbocycles. The van der Waals surface area contributed by atoms with Crippen LogP contribution in [0.3, 0.4) is 0 Å². The summed E-state index contributed by atoms with van der Waals surface area (Å²) in [5, 5.41) is 10.8. The molecule has 1 aromatic heterocycles. The van der Waals surface area contributed by atoms with Gasteiger partial charge in [0.2, 0.25) is 0 Å². The highest BCUT2D eigenvalue weighted by molar-refractivity contribution is 6.05. The summed E-state index contributed by atoms with van der Waals surface area (Å²) >= 11 is 0. The van der Waals surface area contributed by atoms with Gasteiger partial charge in [-0.15, -0.1) is 0 Å². The number of benzene rings is 1. The Bertz CT molecular complexity index is 724. The van der Waals surface area contributed by atoms with Crippen molar-refractivity contribution in [2.24, 2.45) is 0 Å². The Morgan fingerprint density at radius 2 is 2.04 bits per heavy atom. The summed E-state index contributed by atoms with van der Waals surface area (Å²) in [5.41, 5.74) is 0.463. The normalized spacial score (nSPS) is 18.1. The smallest absolute Gasteiger partial charge is 0.303 e. The van der Waals surface area contributed by atoms with E-state index in [0.717, 1.165) is 30.0 Å². The summed E-state index contributed by atoms with van der Waals surface area (Å²) < 4.78 is 0. The minimum absolute atomic E-state index is 0.00637. The summed E-state index contributed by atoms with van der Waals surface area (Å²) in [4.78, 5) is 30.0. The molecule has 23 heavy (non-hydrogen) atoms. The fraction of sp³-hybridized carbons (Fsp3) is 0.389. The van der Waals surface area contributed by atoms with Crippen LogP contribution in [-0.4, -0.2) is 39.5 Å². The average Bonchev–Trinajstić information content (AvgIpc) is 2.59. The zero-order valence-corrected chi connectivity index (χ0v) is 12.9. The summed E-state index contributed by atoms with van der Waals surface area (Å²) in [6.07, 6.45) is 5.12. The first kappa shape index (κ1) is 15.5. The summed E-state index contributed by atoms with van der Waals surface area (Å²) in [5.74, 6) is -0.900. The minimum atomic E-state index is -0.814. The molecule has 1 N–H and O–H groups in total. The van der Waals surface area contributed by atoms with Gasteiger partial charge in [0.05, 0.1) is 0 Å². The molecule has 0 aliphatic carbocycles. The second-order valence-corrected chi connectivity index (χ2v) is 5.96. The zero-order chi connectivity index (χ0) is 16.2. The number of carboxylic acids is 1. The molecule has 120 valence electrons. The van der Waals surface area contributed by atoms with Crippen molar-refractivity contribution in [3.8, 4) is 0 Å². The maximum Gasteiger partial charge on any atom is 0.303 e. The molecule has 3 rings (SSSR count). The van der Waals surface area contributed by atoms with Gasteiger partial charge in [0.25, 0.3) is 5.91 Å². The lowest BCUT2D eigenvalue weighted by Crippen LogP contribution is -2.44. The van der Waals surface area contributed by atoms with E-state index in [1.165, 1.54) is 0 Å². The molecule has 2 heterocycles. The molecule has 1 saturated heterocycles. The molecule has 1 amide bonds. The number of pyridine rings is 1. The summed E-state index contributed by atoms with van der Waals surface area (Å²) in [6.45, 7) is 0.675. The van der Waals surface area contributed by atoms with E-state index >= 15 is 0 Å². The number of nitrogens with zero attached hydrogens (tertiary/aromatic N) is 2. The Morgan fingerprint density at radius 3 is 2.87 bits per heavy atom. The fourth-order valence-corrected chi connectivity index (χ4v) is 3.28. The van der Waals surface area contributed by atoms with Gasteiger partial charge in [-0.2, -0.15) is 0 Å². The monoisotopic (exact) mass is 312 g/mol. The molecule has 0 saturated carbocycles. The van der Waals surface area contributed by atoms with E-state index in [0.29, 0.717) is 18.7 Å². The Kier molecular flexibility index (Phi) is 4.55. The van der Waals surface area contributed by atoms with Gasteiger partial charge < -0.3 is 10.0 Å². The van der Waals surface area contributed by atoms with Crippen molar-refractivity contribution < 1.29 is 14.7 Å². The first-order valence-corrected chi connectivity index (χ1v) is 8.03. The van der Waals surface area contributed by atoms with Crippen LogP contribution in [0, 0.1) is 0 Å². The van der Waals surface area contributed by atoms with Gasteiger partial charge in [-0.1, -0.05) is 24.3 Å². The Morgan fingerprint density at radius 1 is 1.22 bits per heavy atom. The van der Waals surface area contributed by atoms with Crippen molar-refractivity contribution in [1.29, 1.82) is 0 Å². The van der Waals surface area contributed by atoms with Crippen molar-refractivity contribution in [1.82, 2.24) is 9.88 Å². The van der Waals surface area contributed by atoms with Gasteiger partial charge in [-0.05, 0) is 37.1 Å². The lowest BCUT2D eigenvalue weighted by atomic mass is 9.97. The lowest BCUT2D eigenvalue weighted by molar-refractivity contribution is -0.137. The van der Waals surface area contributed by atoms with E-state index in [1.54, 1.807) is 6.20 Å². The van der Waals surface area contributed by atoms with E-state index in [9.17, 15) is 9.59 Å². The first-order chi connectivity index (χ1) is 11.2. The molecular formula is C18H20N2O3. The van der Waals surface area contributed by atoms with E-state index in [2.05, 4.69) is 4.98 Å². The first-order valence-electron chi connectivity index (χ1n) is 8.03. The zero-order valence-electron chi connectivity index (χ0n) is 12.9. The number of amides is 1. The number of hydrogen-bond acceptors (Lipinski definition) is 3. The predicted molar refractivity (Wildman–Crippen MR) is 87.3 cm³/mol. The van der Waals surface area contributed by atoms with Crippen LogP contribution in [-0.2, 0) is 4.79 Å². The number of hydrogen-bond donors (Lipinski definition) is 1. The molecule has 2 aromatic rings. The third kappa shape index (κ3) is 3.33. The maximum absolute atomic E-state index is 13.0. The van der Waals surface area contributed by atoms with Crippen molar-refractivity contribution in [3.05, 3.63) is 42.2 Å². The standard InChI is InChI=1S/C18H20N2O3/c21-16(22)9-8-14-6-3-4-12-20(14)18(23)17-15-7-2-1-5-13(15)10-11-19-17/h1-2,5,7,10-11,14H,3-4,6,8-9,12H2,(H,21,22)/t14-/m1/s1. The molecule has 0 radical (unpaired) electrons. The van der Waals surface area contributed by atoms with Crippen LogP contribution >= 0.6 is 0 Å². The highest BCUT2D eigenvalue weighted by atomic mass is 16.4. The molecule has 1 atom stereocenters. The van der Waals surface area contributed by atoms with Gasteiger partial charge in [-0.3, -0.25) is 14.6 Å². The Balaban J connectivity index is 1.88. The topological polar surface area (TPSA) is 70.5 Å². The van der Waals surface area contributed by atoms with Crippen LogP contribution in [0.2, 0.25) is 0 Å². The number of aromatic nitrogens is 1. The van der Waals surface area contributed by atoms with Crippen LogP contribution in [0.5, 0.6) is 0 Å². The second kappa shape index (κ2) is 6.77. The number of carboxylic acid groups (broad SMARTS) is 1. The molecule has 0 spiro atoms. The third-order valence-electron chi connectivity index (χ3n) is 4.46. The molecule has 0 bridgehead atoms. The molecule has 1 aliphatic heterocycles. The molecule has 5 nitrogen and oxygen atoms in total. The van der Waals surface area contributed by atoms with E-state index in [1.807, 2.05) is 35.2 Å². The van der Waals surface area contributed by atoms with Gasteiger partial charge >= 0.3 is 5.97 Å². The highest BCUT2D eigenvalue weighted by Crippen LogP contribution is 2.25. The van der Waals surface area contributed by atoms with Crippen LogP contribution in [0.1, 0.15) is 42.6 Å². The van der Waals surface area contributed by atoms with E-state index in [-0.39, 0.29) is 18.4 Å². The highest BCUT2D eigenvalue weighted by Gasteiger charge is 2.29. The van der Waals surface area contributed by atoms with E-state index in [4.69, 9.17) is 5.11 Å². The number of fused-ring (bicyclic) bond motifs is 1. The average molecular weight is 312 g/mol. The van der Waals surface area contributed by atoms with Crippen LogP contribution in [0.25, 0.3) is 10.8 Å². The predicted octanol–water partition coefficient (Wildman–Crippen LogP) is 3.09. The van der Waals surface area contributed by atoms with Gasteiger partial charge in [0.1, 0.15) is 5.69 Å². The lowest BCUT2D eigenvalue weighted by Gasteiger charge is -2.35. The van der Waals surface area contributed by atoms with Crippen LogP contribution in [0.4, 0.5) is 0 Å². The molecule has 5 heteroatoms. The van der Waals surface area contributed by atoms with Gasteiger partial charge in [0, 0.05) is 30.6 Å². The number of rotatable bonds is 4. The molecule has 1 aliphatic rings. The van der Waals surface area contributed by atoms with Gasteiger partial charge in [-0.25, -0.2) is 0 Å². The number of carbonyl (C=O) groups is 2. The number of aliphatic carboxylic acids is 1. The minimum Gasteiger partial charge on any atom is -0.481 e. The Labute approximate surface area is 134 Å². The molecular weight excluding hydrogens is 292 g/mol. The van der Waals surface area contributed by atoms with E-state index < -0.39 is 5.97 Å². The fourth-order valence-electron chi connectivity index (χ4n) is 3.28. The summed E-state index contributed by atoms with van der Waals surface area (Å²) in [6, 6.07) is 9.60. The van der Waals surface area contributed by atoms with Crippen LogP contribution < -0.4 is 0 Å². The van der Waals surface area contributed by atoms with Crippen molar-refractivity contribution in [2.75, 3.05) is 6.54 Å². The molecule has 1 fully saturated rings. The summed E-state index contributed by atoms with van der Waals surface area (Å²) in [7, 11) is 0. The SMILES string of the molecule is O=C(O)CC[C@H]1CCCCN1C(=O)c1nccc2ccccc12. The van der Waals surface area contributed by atoms with Crippen molar-refractivity contribution in [2.45, 2.75) is 38.1 Å². The number of piperidine rings is 1. The Hall–Kier alpha value is -2.43. The van der Waals surface area contributed by atoms with Crippen molar-refractivity contribution >= 4 is 22.6 Å². The maximum atomic E-state index is 13.0. The number of likely N-dealkylation sites (tertiary alicyclic amines) is 1. The largest absolute Gasteiger partial charge is 0.481 e. The molecule has 0 unspecified atom stereocenters. The number of carbonyl (C=O) groups excluding carboxylic acids is 1. The quantitative estimate of drug-likeness (QED) is 0.941. The van der Waals surface area contributed by atoms with Crippen molar-refractivity contribution in [3.63, 3.8) is 0 Å². The van der Waals surface area contributed by atoms with Gasteiger partial charge in [0.15, 0.2) is 0 Å². The second-order valence-electron chi connectivity index (χ2n) is 5.96.